The van der Waals surface area contributed by atoms with Crippen molar-refractivity contribution < 1.29 is 19.7 Å². The van der Waals surface area contributed by atoms with Crippen LogP contribution in [0, 0.1) is 0 Å². The van der Waals surface area contributed by atoms with E-state index >= 15 is 0 Å². The molecule has 0 atom stereocenters. The number of phenolic OH excluding ortho intramolecular Hbond substituents is 1. The molecule has 8 heteroatoms. The molecule has 4 N–H and O–H groups in total. The lowest BCUT2D eigenvalue weighted by atomic mass is 10.1. The fourth-order valence-corrected chi connectivity index (χ4v) is 2.43. The van der Waals surface area contributed by atoms with Crippen LogP contribution in [-0.4, -0.2) is 34.4 Å². The van der Waals surface area contributed by atoms with Gasteiger partial charge in [-0.2, -0.15) is 5.10 Å². The molecular weight excluding hydrogens is 338 g/mol. The van der Waals surface area contributed by atoms with Gasteiger partial charge in [-0.3, -0.25) is 9.59 Å². The largest absolute Gasteiger partial charge is 0.506 e. The Kier molecular flexibility index (Phi) is 4.57. The first-order valence-electron chi connectivity index (χ1n) is 7.55. The Morgan fingerprint density at radius 3 is 2.77 bits per heavy atom. The number of phenols is 1. The predicted molar refractivity (Wildman–Crippen MR) is 96.0 cm³/mol. The van der Waals surface area contributed by atoms with Gasteiger partial charge < -0.3 is 19.9 Å². The van der Waals surface area contributed by atoms with E-state index < -0.39 is 22.8 Å². The number of carbonyl (C=O) groups is 1. The molecule has 26 heavy (non-hydrogen) atoms. The third kappa shape index (κ3) is 3.20. The molecule has 1 heterocycles. The molecular formula is C18H15N3O5. The average Bonchev–Trinajstić information content (AvgIpc) is 2.63. The summed E-state index contributed by atoms with van der Waals surface area (Å²) in [5.41, 5.74) is 2.02. The van der Waals surface area contributed by atoms with E-state index in [1.165, 1.54) is 25.5 Å². The van der Waals surface area contributed by atoms with Crippen LogP contribution in [0.3, 0.4) is 0 Å². The number of H-pyrrole nitrogens is 1. The number of carbonyl (C=O) groups excluding carboxylic acids is 1. The van der Waals surface area contributed by atoms with Gasteiger partial charge in [-0.1, -0.05) is 12.1 Å². The number of benzene rings is 2. The van der Waals surface area contributed by atoms with Gasteiger partial charge >= 0.3 is 0 Å². The maximum atomic E-state index is 12.2. The number of rotatable bonds is 4. The molecule has 1 amide bonds. The van der Waals surface area contributed by atoms with Crippen LogP contribution < -0.4 is 15.7 Å². The van der Waals surface area contributed by atoms with Crippen molar-refractivity contribution in [1.82, 2.24) is 10.4 Å². The Morgan fingerprint density at radius 1 is 1.23 bits per heavy atom. The highest BCUT2D eigenvalue weighted by Gasteiger charge is 2.18. The number of aromatic hydroxyl groups is 2. The third-order valence-corrected chi connectivity index (χ3v) is 3.70. The van der Waals surface area contributed by atoms with E-state index in [2.05, 4.69) is 15.5 Å². The minimum absolute atomic E-state index is 0.0266. The monoisotopic (exact) mass is 353 g/mol. The maximum absolute atomic E-state index is 12.2. The van der Waals surface area contributed by atoms with Crippen LogP contribution in [-0.2, 0) is 0 Å². The molecule has 2 aromatic carbocycles. The SMILES string of the molecule is COc1cc(C=NNC(=O)c2c(O)c3ccccc3[nH]c2=O)ccc1O. The number of fused-ring (bicyclic) bond motifs is 1. The Balaban J connectivity index is 1.85. The number of ether oxygens (including phenoxy) is 1. The van der Waals surface area contributed by atoms with Gasteiger partial charge in [-0.15, -0.1) is 0 Å². The zero-order valence-electron chi connectivity index (χ0n) is 13.7. The number of hydrogen-bond donors (Lipinski definition) is 4. The standard InChI is InChI=1S/C18H15N3O5/c1-26-14-8-10(6-7-13(14)22)9-19-21-18(25)15-16(23)11-4-2-3-5-12(11)20-17(15)24/h2-9,22H,1H3,(H,21,25)(H2,20,23,24). The molecule has 132 valence electrons. The molecule has 1 aromatic heterocycles. The van der Waals surface area contributed by atoms with E-state index in [-0.39, 0.29) is 11.5 Å². The predicted octanol–water partition coefficient (Wildman–Crippen LogP) is 1.71. The summed E-state index contributed by atoms with van der Waals surface area (Å²) >= 11 is 0. The van der Waals surface area contributed by atoms with Gasteiger partial charge in [0.15, 0.2) is 11.5 Å². The first kappa shape index (κ1) is 17.0. The van der Waals surface area contributed by atoms with E-state index in [0.717, 1.165) is 0 Å². The summed E-state index contributed by atoms with van der Waals surface area (Å²) in [5, 5.41) is 23.9. The number of amides is 1. The summed E-state index contributed by atoms with van der Waals surface area (Å²) in [6.45, 7) is 0. The second kappa shape index (κ2) is 6.98. The highest BCUT2D eigenvalue weighted by Crippen LogP contribution is 2.26. The Bertz CT molecular complexity index is 1070. The maximum Gasteiger partial charge on any atom is 0.280 e. The van der Waals surface area contributed by atoms with Crippen molar-refractivity contribution >= 4 is 23.0 Å². The molecule has 0 aliphatic heterocycles. The van der Waals surface area contributed by atoms with Gasteiger partial charge in [-0.05, 0) is 35.9 Å². The summed E-state index contributed by atoms with van der Waals surface area (Å²) < 4.78 is 4.98. The molecule has 8 nitrogen and oxygen atoms in total. The zero-order valence-corrected chi connectivity index (χ0v) is 13.7. The lowest BCUT2D eigenvalue weighted by molar-refractivity contribution is 0.0951. The second-order valence-electron chi connectivity index (χ2n) is 5.35. The quantitative estimate of drug-likeness (QED) is 0.420. The van der Waals surface area contributed by atoms with Crippen molar-refractivity contribution in [2.45, 2.75) is 0 Å². The summed E-state index contributed by atoms with van der Waals surface area (Å²) in [7, 11) is 1.41. The van der Waals surface area contributed by atoms with Crippen molar-refractivity contribution in [3.8, 4) is 17.2 Å². The number of nitrogens with zero attached hydrogens (tertiary/aromatic N) is 1. The lowest BCUT2D eigenvalue weighted by Crippen LogP contribution is -2.26. The van der Waals surface area contributed by atoms with Crippen LogP contribution in [0.1, 0.15) is 15.9 Å². The molecule has 0 saturated heterocycles. The summed E-state index contributed by atoms with van der Waals surface area (Å²) in [4.78, 5) is 26.8. The molecule has 3 rings (SSSR count). The second-order valence-corrected chi connectivity index (χ2v) is 5.35. The van der Waals surface area contributed by atoms with Crippen LogP contribution in [0.2, 0.25) is 0 Å². The lowest BCUT2D eigenvalue weighted by Gasteiger charge is -2.06. The summed E-state index contributed by atoms with van der Waals surface area (Å²) in [6, 6.07) is 11.1. The molecule has 3 aromatic rings. The number of hydrogen-bond acceptors (Lipinski definition) is 6. The number of hydrazone groups is 1. The molecule has 0 fully saturated rings. The molecule has 0 bridgehead atoms. The summed E-state index contributed by atoms with van der Waals surface area (Å²) in [5.74, 6) is -1.04. The van der Waals surface area contributed by atoms with Gasteiger partial charge in [0, 0.05) is 5.39 Å². The van der Waals surface area contributed by atoms with E-state index in [4.69, 9.17) is 4.74 Å². The minimum Gasteiger partial charge on any atom is -0.506 e. The first-order valence-corrected chi connectivity index (χ1v) is 7.55. The molecule has 0 unspecified atom stereocenters. The van der Waals surface area contributed by atoms with Crippen molar-refractivity contribution in [2.24, 2.45) is 5.10 Å². The topological polar surface area (TPSA) is 124 Å². The number of methoxy groups -OCH3 is 1. The van der Waals surface area contributed by atoms with Crippen molar-refractivity contribution in [3.63, 3.8) is 0 Å². The molecule has 0 aliphatic rings. The smallest absolute Gasteiger partial charge is 0.280 e. The normalized spacial score (nSPS) is 11.0. The van der Waals surface area contributed by atoms with Crippen molar-refractivity contribution in [2.75, 3.05) is 7.11 Å². The Morgan fingerprint density at radius 2 is 2.00 bits per heavy atom. The van der Waals surface area contributed by atoms with E-state index in [1.807, 2.05) is 0 Å². The fourth-order valence-electron chi connectivity index (χ4n) is 2.43. The number of pyridine rings is 1. The van der Waals surface area contributed by atoms with E-state index in [0.29, 0.717) is 16.5 Å². The van der Waals surface area contributed by atoms with Crippen molar-refractivity contribution in [1.29, 1.82) is 0 Å². The highest BCUT2D eigenvalue weighted by molar-refractivity contribution is 6.02. The van der Waals surface area contributed by atoms with Gasteiger partial charge in [-0.25, -0.2) is 5.43 Å². The molecule has 0 radical (unpaired) electrons. The average molecular weight is 353 g/mol. The van der Waals surface area contributed by atoms with Gasteiger partial charge in [0.25, 0.3) is 11.5 Å². The number of para-hydroxylation sites is 1. The highest BCUT2D eigenvalue weighted by atomic mass is 16.5. The zero-order chi connectivity index (χ0) is 18.7. The van der Waals surface area contributed by atoms with Crippen LogP contribution >= 0.6 is 0 Å². The van der Waals surface area contributed by atoms with Gasteiger partial charge in [0.2, 0.25) is 0 Å². The molecule has 0 spiro atoms. The minimum atomic E-state index is -0.850. The van der Waals surface area contributed by atoms with E-state index in [9.17, 15) is 19.8 Å². The number of aromatic amines is 1. The van der Waals surface area contributed by atoms with Gasteiger partial charge in [0.1, 0.15) is 11.3 Å². The van der Waals surface area contributed by atoms with Crippen LogP contribution in [0.15, 0.2) is 52.4 Å². The third-order valence-electron chi connectivity index (χ3n) is 3.70. The summed E-state index contributed by atoms with van der Waals surface area (Å²) in [6.07, 6.45) is 1.31. The molecule has 0 saturated carbocycles. The van der Waals surface area contributed by atoms with Crippen LogP contribution in [0.4, 0.5) is 0 Å². The Labute approximate surface area is 147 Å². The van der Waals surface area contributed by atoms with E-state index in [1.54, 1.807) is 30.3 Å². The number of aromatic nitrogens is 1. The first-order chi connectivity index (χ1) is 12.5. The van der Waals surface area contributed by atoms with Gasteiger partial charge in [0.05, 0.1) is 18.8 Å². The molecule has 0 aliphatic carbocycles. The van der Waals surface area contributed by atoms with Crippen LogP contribution in [0.5, 0.6) is 17.2 Å². The number of nitrogens with one attached hydrogen (secondary N) is 2. The Hall–Kier alpha value is -3.81. The van der Waals surface area contributed by atoms with Crippen molar-refractivity contribution in [3.05, 3.63) is 63.9 Å². The van der Waals surface area contributed by atoms with Crippen LogP contribution in [0.25, 0.3) is 10.9 Å². The fraction of sp³-hybridized carbons (Fsp3) is 0.0556.